The summed E-state index contributed by atoms with van der Waals surface area (Å²) >= 11 is 3.39. The van der Waals surface area contributed by atoms with Crippen LogP contribution < -0.4 is 10.1 Å². The molecule has 0 bridgehead atoms. The summed E-state index contributed by atoms with van der Waals surface area (Å²) in [4.78, 5) is 12.2. The summed E-state index contributed by atoms with van der Waals surface area (Å²) in [6.07, 6.45) is 4.51. The van der Waals surface area contributed by atoms with Crippen LogP contribution in [0.3, 0.4) is 0 Å². The lowest BCUT2D eigenvalue weighted by Crippen LogP contribution is -2.35. The Labute approximate surface area is 134 Å². The number of ether oxygens (including phenoxy) is 1. The highest BCUT2D eigenvalue weighted by atomic mass is 79.9. The van der Waals surface area contributed by atoms with Crippen LogP contribution in [-0.2, 0) is 0 Å². The van der Waals surface area contributed by atoms with Gasteiger partial charge in [0.25, 0.3) is 5.91 Å². The second-order valence-corrected chi connectivity index (χ2v) is 6.40. The average molecular weight is 356 g/mol. The summed E-state index contributed by atoms with van der Waals surface area (Å²) in [5, 5.41) is 12.4. The molecule has 0 aliphatic heterocycles. The number of benzene rings is 1. The van der Waals surface area contributed by atoms with E-state index in [-0.39, 0.29) is 12.5 Å². The molecule has 1 aromatic rings. The number of nitrogens with one attached hydrogen (secondary N) is 1. The van der Waals surface area contributed by atoms with E-state index in [9.17, 15) is 9.90 Å². The molecule has 5 heteroatoms. The second-order valence-electron chi connectivity index (χ2n) is 5.55. The van der Waals surface area contributed by atoms with Crippen molar-refractivity contribution in [1.82, 2.24) is 5.32 Å². The monoisotopic (exact) mass is 355 g/mol. The first kappa shape index (κ1) is 16.3. The summed E-state index contributed by atoms with van der Waals surface area (Å²) in [5.41, 5.74) is 0.610. The van der Waals surface area contributed by atoms with Crippen molar-refractivity contribution in [3.63, 3.8) is 0 Å². The molecule has 1 saturated carbocycles. The van der Waals surface area contributed by atoms with E-state index in [4.69, 9.17) is 4.74 Å². The first-order valence-electron chi connectivity index (χ1n) is 7.38. The maximum Gasteiger partial charge on any atom is 0.251 e. The highest BCUT2D eigenvalue weighted by Crippen LogP contribution is 2.29. The molecule has 2 N–H and O–H groups in total. The van der Waals surface area contributed by atoms with Gasteiger partial charge >= 0.3 is 0 Å². The Kier molecular flexibility index (Phi) is 6.06. The van der Waals surface area contributed by atoms with Gasteiger partial charge in [-0.15, -0.1) is 0 Å². The van der Waals surface area contributed by atoms with E-state index in [0.29, 0.717) is 29.7 Å². The van der Waals surface area contributed by atoms with Crippen LogP contribution in [0.2, 0.25) is 0 Å². The molecule has 2 rings (SSSR count). The van der Waals surface area contributed by atoms with Gasteiger partial charge in [-0.1, -0.05) is 12.8 Å². The smallest absolute Gasteiger partial charge is 0.251 e. The molecule has 0 spiro atoms. The van der Waals surface area contributed by atoms with Crippen molar-refractivity contribution in [3.05, 3.63) is 28.2 Å². The number of hydrogen-bond acceptors (Lipinski definition) is 3. The normalized spacial score (nSPS) is 21.9. The van der Waals surface area contributed by atoms with E-state index in [1.165, 1.54) is 12.8 Å². The van der Waals surface area contributed by atoms with E-state index < -0.39 is 0 Å². The zero-order chi connectivity index (χ0) is 15.2. The maximum atomic E-state index is 12.2. The number of hydrogen-bond donors (Lipinski definition) is 2. The zero-order valence-electron chi connectivity index (χ0n) is 12.3. The molecular weight excluding hydrogens is 334 g/mol. The van der Waals surface area contributed by atoms with Crippen LogP contribution in [0, 0.1) is 11.8 Å². The minimum absolute atomic E-state index is 0.0828. The molecule has 1 aromatic carbocycles. The van der Waals surface area contributed by atoms with Crippen molar-refractivity contribution < 1.29 is 14.6 Å². The largest absolute Gasteiger partial charge is 0.496 e. The number of carbonyl (C=O) groups is 1. The molecule has 1 fully saturated rings. The van der Waals surface area contributed by atoms with Crippen LogP contribution in [-0.4, -0.2) is 31.3 Å². The number of methoxy groups -OCH3 is 1. The molecule has 0 radical (unpaired) electrons. The lowest BCUT2D eigenvalue weighted by atomic mass is 9.79. The lowest BCUT2D eigenvalue weighted by Gasteiger charge is -2.30. The Morgan fingerprint density at radius 2 is 2.10 bits per heavy atom. The fourth-order valence-corrected chi connectivity index (χ4v) is 3.47. The summed E-state index contributed by atoms with van der Waals surface area (Å²) < 4.78 is 5.92. The third kappa shape index (κ3) is 4.20. The van der Waals surface area contributed by atoms with Gasteiger partial charge < -0.3 is 15.2 Å². The predicted octanol–water partition coefficient (Wildman–Crippen LogP) is 2.99. The molecule has 2 atom stereocenters. The number of carbonyl (C=O) groups excluding carboxylic acids is 1. The SMILES string of the molecule is COc1ccc(C(=O)NCC2CCCCC2CO)cc1Br. The van der Waals surface area contributed by atoms with Gasteiger partial charge in [0.15, 0.2) is 0 Å². The molecule has 2 unspecified atom stereocenters. The van der Waals surface area contributed by atoms with Gasteiger partial charge in [0.2, 0.25) is 0 Å². The topological polar surface area (TPSA) is 58.6 Å². The Balaban J connectivity index is 1.93. The minimum Gasteiger partial charge on any atom is -0.496 e. The lowest BCUT2D eigenvalue weighted by molar-refractivity contribution is 0.0909. The second kappa shape index (κ2) is 7.80. The molecule has 21 heavy (non-hydrogen) atoms. The third-order valence-corrected chi connectivity index (χ3v) is 4.86. The Morgan fingerprint density at radius 3 is 2.71 bits per heavy atom. The van der Waals surface area contributed by atoms with Crippen molar-refractivity contribution >= 4 is 21.8 Å². The molecular formula is C16H22BrNO3. The van der Waals surface area contributed by atoms with Gasteiger partial charge in [0.05, 0.1) is 11.6 Å². The van der Waals surface area contributed by atoms with Gasteiger partial charge in [-0.3, -0.25) is 4.79 Å². The molecule has 1 aliphatic carbocycles. The maximum absolute atomic E-state index is 12.2. The summed E-state index contributed by atoms with van der Waals surface area (Å²) in [6.45, 7) is 0.850. The fourth-order valence-electron chi connectivity index (χ4n) is 2.93. The van der Waals surface area contributed by atoms with Crippen LogP contribution >= 0.6 is 15.9 Å². The highest BCUT2D eigenvalue weighted by molar-refractivity contribution is 9.10. The van der Waals surface area contributed by atoms with Crippen molar-refractivity contribution in [3.8, 4) is 5.75 Å². The molecule has 0 saturated heterocycles. The number of rotatable bonds is 5. The van der Waals surface area contributed by atoms with Crippen LogP contribution in [0.25, 0.3) is 0 Å². The summed E-state index contributed by atoms with van der Waals surface area (Å²) in [6, 6.07) is 5.29. The molecule has 116 valence electrons. The van der Waals surface area contributed by atoms with Crippen LogP contribution in [0.15, 0.2) is 22.7 Å². The van der Waals surface area contributed by atoms with E-state index in [2.05, 4.69) is 21.2 Å². The van der Waals surface area contributed by atoms with E-state index in [1.807, 2.05) is 0 Å². The number of aliphatic hydroxyl groups is 1. The fraction of sp³-hybridized carbons (Fsp3) is 0.562. The van der Waals surface area contributed by atoms with E-state index >= 15 is 0 Å². The zero-order valence-corrected chi connectivity index (χ0v) is 13.9. The van der Waals surface area contributed by atoms with Crippen LogP contribution in [0.5, 0.6) is 5.75 Å². The Hall–Kier alpha value is -1.07. The van der Waals surface area contributed by atoms with Gasteiger partial charge in [-0.25, -0.2) is 0 Å². The molecule has 1 amide bonds. The van der Waals surface area contributed by atoms with Gasteiger partial charge in [0, 0.05) is 18.7 Å². The average Bonchev–Trinajstić information content (AvgIpc) is 2.52. The number of halogens is 1. The third-order valence-electron chi connectivity index (χ3n) is 4.24. The summed E-state index contributed by atoms with van der Waals surface area (Å²) in [7, 11) is 1.60. The first-order valence-corrected chi connectivity index (χ1v) is 8.17. The van der Waals surface area contributed by atoms with Crippen LogP contribution in [0.4, 0.5) is 0 Å². The standard InChI is InChI=1S/C16H22BrNO3/c1-21-15-7-6-11(8-14(15)17)16(20)18-9-12-4-2-3-5-13(12)10-19/h6-8,12-13,19H,2-5,9-10H2,1H3,(H,18,20). The Bertz CT molecular complexity index is 492. The van der Waals surface area contributed by atoms with Crippen LogP contribution in [0.1, 0.15) is 36.0 Å². The quantitative estimate of drug-likeness (QED) is 0.853. The molecule has 4 nitrogen and oxygen atoms in total. The number of amides is 1. The molecule has 0 aromatic heterocycles. The van der Waals surface area contributed by atoms with Crippen molar-refractivity contribution in [2.75, 3.05) is 20.3 Å². The minimum atomic E-state index is -0.0828. The summed E-state index contributed by atoms with van der Waals surface area (Å²) in [5.74, 6) is 1.33. The molecule has 1 aliphatic rings. The number of aliphatic hydroxyl groups excluding tert-OH is 1. The predicted molar refractivity (Wildman–Crippen MR) is 85.6 cm³/mol. The first-order chi connectivity index (χ1) is 10.2. The highest BCUT2D eigenvalue weighted by Gasteiger charge is 2.24. The van der Waals surface area contributed by atoms with Gasteiger partial charge in [-0.05, 0) is 58.8 Å². The van der Waals surface area contributed by atoms with Gasteiger partial charge in [-0.2, -0.15) is 0 Å². The van der Waals surface area contributed by atoms with E-state index in [1.54, 1.807) is 25.3 Å². The van der Waals surface area contributed by atoms with E-state index in [0.717, 1.165) is 17.3 Å². The van der Waals surface area contributed by atoms with Crippen molar-refractivity contribution in [1.29, 1.82) is 0 Å². The van der Waals surface area contributed by atoms with Gasteiger partial charge in [0.1, 0.15) is 5.75 Å². The molecule has 0 heterocycles. The van der Waals surface area contributed by atoms with Crippen molar-refractivity contribution in [2.24, 2.45) is 11.8 Å². The van der Waals surface area contributed by atoms with Crippen molar-refractivity contribution in [2.45, 2.75) is 25.7 Å². The Morgan fingerprint density at radius 1 is 1.38 bits per heavy atom.